The van der Waals surface area contributed by atoms with Crippen molar-refractivity contribution in [1.29, 1.82) is 0 Å². The van der Waals surface area contributed by atoms with Crippen molar-refractivity contribution in [2.24, 2.45) is 0 Å². The van der Waals surface area contributed by atoms with Crippen LogP contribution in [0.2, 0.25) is 0 Å². The van der Waals surface area contributed by atoms with E-state index < -0.39 is 15.8 Å². The Morgan fingerprint density at radius 2 is 2.26 bits per heavy atom. The van der Waals surface area contributed by atoms with E-state index in [2.05, 4.69) is 14.4 Å². The Kier molecular flexibility index (Phi) is 4.41. The van der Waals surface area contributed by atoms with Gasteiger partial charge in [0, 0.05) is 13.0 Å². The quantitative estimate of drug-likeness (QED) is 0.848. The summed E-state index contributed by atoms with van der Waals surface area (Å²) in [6, 6.07) is -0.384. The van der Waals surface area contributed by atoms with Gasteiger partial charge in [-0.05, 0) is 19.3 Å². The van der Waals surface area contributed by atoms with Crippen molar-refractivity contribution in [3.05, 3.63) is 16.4 Å². The molecule has 0 aromatic carbocycles. The molecule has 108 valence electrons. The first-order chi connectivity index (χ1) is 9.03. The summed E-state index contributed by atoms with van der Waals surface area (Å²) in [5.41, 5.74) is 0. The molecule has 0 fully saturated rings. The number of fused-ring (bicyclic) bond motifs is 1. The van der Waals surface area contributed by atoms with Crippen LogP contribution in [0.15, 0.2) is 9.32 Å². The third kappa shape index (κ3) is 3.44. The van der Waals surface area contributed by atoms with Gasteiger partial charge in [-0.3, -0.25) is 9.09 Å². The Morgan fingerprint density at radius 1 is 1.47 bits per heavy atom. The van der Waals surface area contributed by atoms with Crippen LogP contribution < -0.4 is 10.5 Å². The number of sulfonamides is 1. The molecule has 0 saturated carbocycles. The minimum absolute atomic E-state index is 0.0961. The molecule has 1 aliphatic heterocycles. The third-order valence-electron chi connectivity index (χ3n) is 3.24. The summed E-state index contributed by atoms with van der Waals surface area (Å²) in [6.07, 6.45) is 3.83. The van der Waals surface area contributed by atoms with Crippen LogP contribution in [0.3, 0.4) is 0 Å². The van der Waals surface area contributed by atoms with Gasteiger partial charge in [0.25, 0.3) is 0 Å². The maximum absolute atomic E-state index is 11.9. The number of aryl methyl sites for hydroxylation is 1. The lowest BCUT2D eigenvalue weighted by Crippen LogP contribution is -2.34. The van der Waals surface area contributed by atoms with Crippen molar-refractivity contribution in [2.45, 2.75) is 45.1 Å². The number of hydrogen-bond acceptors (Lipinski definition) is 5. The molecule has 2 rings (SSSR count). The topological polar surface area (TPSA) is 94.2 Å². The fourth-order valence-corrected chi connectivity index (χ4v) is 3.79. The predicted octanol–water partition coefficient (Wildman–Crippen LogP) is 0.433. The van der Waals surface area contributed by atoms with Gasteiger partial charge in [-0.2, -0.15) is 0 Å². The molecule has 1 atom stereocenters. The fourth-order valence-electron chi connectivity index (χ4n) is 2.33. The lowest BCUT2D eigenvalue weighted by Gasteiger charge is -2.16. The molecule has 0 amide bonds. The number of nitrogens with one attached hydrogen (secondary N) is 1. The molecule has 0 aliphatic carbocycles. The van der Waals surface area contributed by atoms with E-state index in [1.54, 1.807) is 0 Å². The van der Waals surface area contributed by atoms with Gasteiger partial charge >= 0.3 is 5.76 Å². The van der Waals surface area contributed by atoms with Gasteiger partial charge in [-0.1, -0.05) is 18.5 Å². The first-order valence-corrected chi connectivity index (χ1v) is 8.23. The van der Waals surface area contributed by atoms with Crippen LogP contribution in [0.4, 0.5) is 0 Å². The highest BCUT2D eigenvalue weighted by atomic mass is 32.2. The molecule has 8 heteroatoms. The Labute approximate surface area is 112 Å². The maximum atomic E-state index is 11.9. The zero-order valence-corrected chi connectivity index (χ0v) is 11.8. The molecule has 0 spiro atoms. The lowest BCUT2D eigenvalue weighted by molar-refractivity contribution is 0.358. The molecule has 1 aliphatic rings. The van der Waals surface area contributed by atoms with Crippen molar-refractivity contribution in [1.82, 2.24) is 14.4 Å². The normalized spacial score (nSPS) is 19.9. The summed E-state index contributed by atoms with van der Waals surface area (Å²) >= 11 is 0. The van der Waals surface area contributed by atoms with E-state index >= 15 is 0 Å². The smallest absolute Gasteiger partial charge is 0.296 e. The van der Waals surface area contributed by atoms with Crippen molar-refractivity contribution >= 4 is 10.0 Å². The van der Waals surface area contributed by atoms with Gasteiger partial charge in [-0.15, -0.1) is 0 Å². The second kappa shape index (κ2) is 5.87. The molecule has 1 N–H and O–H groups in total. The molecule has 2 heterocycles. The second-order valence-corrected chi connectivity index (χ2v) is 6.66. The van der Waals surface area contributed by atoms with E-state index in [0.29, 0.717) is 25.2 Å². The molecular weight excluding hydrogens is 270 g/mol. The summed E-state index contributed by atoms with van der Waals surface area (Å²) in [6.45, 7) is 2.32. The first-order valence-electron chi connectivity index (χ1n) is 6.58. The highest BCUT2D eigenvalue weighted by Gasteiger charge is 2.27. The average molecular weight is 289 g/mol. The molecule has 0 bridgehead atoms. The Morgan fingerprint density at radius 3 is 3.00 bits per heavy atom. The third-order valence-corrected chi connectivity index (χ3v) is 4.71. The van der Waals surface area contributed by atoms with Crippen molar-refractivity contribution in [3.63, 3.8) is 0 Å². The van der Waals surface area contributed by atoms with Crippen LogP contribution in [0.5, 0.6) is 0 Å². The summed E-state index contributed by atoms with van der Waals surface area (Å²) < 4.78 is 32.4. The molecule has 1 aromatic heterocycles. The van der Waals surface area contributed by atoms with Crippen LogP contribution >= 0.6 is 0 Å². The Balaban J connectivity index is 2.20. The van der Waals surface area contributed by atoms with Crippen molar-refractivity contribution in [3.8, 4) is 0 Å². The maximum Gasteiger partial charge on any atom is 0.441 e. The van der Waals surface area contributed by atoms with E-state index in [9.17, 15) is 13.2 Å². The number of rotatable bonds is 5. The molecule has 0 saturated heterocycles. The van der Waals surface area contributed by atoms with Crippen LogP contribution in [0.1, 0.15) is 44.5 Å². The lowest BCUT2D eigenvalue weighted by atomic mass is 10.1. The molecule has 1 unspecified atom stereocenters. The fraction of sp³-hybridized carbons (Fsp3) is 0.818. The molecular formula is C11H19N3O4S. The van der Waals surface area contributed by atoms with Crippen LogP contribution in [-0.2, 0) is 16.4 Å². The van der Waals surface area contributed by atoms with Gasteiger partial charge in [0.2, 0.25) is 10.0 Å². The number of nitrogens with zero attached hydrogens (tertiary/aromatic N) is 2. The van der Waals surface area contributed by atoms with Crippen LogP contribution in [0, 0.1) is 0 Å². The van der Waals surface area contributed by atoms with Crippen molar-refractivity contribution < 1.29 is 12.9 Å². The monoisotopic (exact) mass is 289 g/mol. The summed E-state index contributed by atoms with van der Waals surface area (Å²) in [5.74, 6) is -0.105. The van der Waals surface area contributed by atoms with Crippen molar-refractivity contribution in [2.75, 3.05) is 12.3 Å². The zero-order chi connectivity index (χ0) is 13.9. The zero-order valence-electron chi connectivity index (χ0n) is 11.0. The van der Waals surface area contributed by atoms with Gasteiger partial charge < -0.3 is 0 Å². The van der Waals surface area contributed by atoms with Crippen LogP contribution in [0.25, 0.3) is 0 Å². The summed E-state index contributed by atoms with van der Waals surface area (Å²) in [5, 5.41) is 3.72. The first kappa shape index (κ1) is 14.3. The van der Waals surface area contributed by atoms with Gasteiger partial charge in [0.1, 0.15) is 0 Å². The summed E-state index contributed by atoms with van der Waals surface area (Å²) in [4.78, 5) is 11.6. The van der Waals surface area contributed by atoms with Gasteiger partial charge in [0.05, 0.1) is 11.8 Å². The minimum atomic E-state index is -3.38. The predicted molar refractivity (Wildman–Crippen MR) is 69.4 cm³/mol. The van der Waals surface area contributed by atoms with Gasteiger partial charge in [-0.25, -0.2) is 17.9 Å². The summed E-state index contributed by atoms with van der Waals surface area (Å²) in [7, 11) is -3.38. The average Bonchev–Trinajstić information content (AvgIpc) is 2.60. The molecule has 19 heavy (non-hydrogen) atoms. The van der Waals surface area contributed by atoms with E-state index in [1.165, 1.54) is 4.57 Å². The second-order valence-electron chi connectivity index (χ2n) is 4.81. The standard InChI is InChI=1S/C11H19N3O4S/c1-2-7-12-19(16,17)8-9-5-3-4-6-10-13-18-11(15)14(9)10/h9,12H,2-8H2,1H3. The Hall–Kier alpha value is -1.15. The largest absolute Gasteiger partial charge is 0.441 e. The molecule has 7 nitrogen and oxygen atoms in total. The van der Waals surface area contributed by atoms with E-state index in [-0.39, 0.29) is 11.8 Å². The van der Waals surface area contributed by atoms with Gasteiger partial charge in [0.15, 0.2) is 5.82 Å². The van der Waals surface area contributed by atoms with E-state index in [0.717, 1.165) is 19.3 Å². The van der Waals surface area contributed by atoms with E-state index in [4.69, 9.17) is 0 Å². The van der Waals surface area contributed by atoms with E-state index in [1.807, 2.05) is 6.92 Å². The van der Waals surface area contributed by atoms with Crippen LogP contribution in [-0.4, -0.2) is 30.4 Å². The SMILES string of the molecule is CCCNS(=O)(=O)CC1CCCCc2noc(=O)n21. The highest BCUT2D eigenvalue weighted by Crippen LogP contribution is 2.22. The molecule has 0 radical (unpaired) electrons. The molecule has 1 aromatic rings. The number of hydrogen-bond donors (Lipinski definition) is 1. The highest BCUT2D eigenvalue weighted by molar-refractivity contribution is 7.89. The Bertz CT molecular complexity index is 575. The minimum Gasteiger partial charge on any atom is -0.296 e. The number of aromatic nitrogens is 2.